The first-order valence-electron chi connectivity index (χ1n) is 8.48. The number of ether oxygens (including phenoxy) is 1. The van der Waals surface area contributed by atoms with Gasteiger partial charge < -0.3 is 9.84 Å². The highest BCUT2D eigenvalue weighted by atomic mass is 16.5. The van der Waals surface area contributed by atoms with E-state index in [2.05, 4.69) is 6.92 Å². The second-order valence-electron chi connectivity index (χ2n) is 5.77. The first kappa shape index (κ1) is 17.1. The van der Waals surface area contributed by atoms with Crippen LogP contribution in [0.2, 0.25) is 0 Å². The molecule has 0 unspecified atom stereocenters. The molecule has 0 fully saturated rings. The summed E-state index contributed by atoms with van der Waals surface area (Å²) < 4.78 is 5.77. The lowest BCUT2D eigenvalue weighted by Crippen LogP contribution is -1.97. The SMILES string of the molecule is CCCCCCCOc1cc(O)cc(/C=C/c2ccccc2)c1. The van der Waals surface area contributed by atoms with E-state index >= 15 is 0 Å². The number of aromatic hydroxyl groups is 1. The molecule has 0 bridgehead atoms. The molecule has 0 spiro atoms. The van der Waals surface area contributed by atoms with Gasteiger partial charge >= 0.3 is 0 Å². The summed E-state index contributed by atoms with van der Waals surface area (Å²) in [5, 5.41) is 9.85. The monoisotopic (exact) mass is 310 g/mol. The van der Waals surface area contributed by atoms with Crippen molar-refractivity contribution in [1.29, 1.82) is 0 Å². The second kappa shape index (κ2) is 9.73. The van der Waals surface area contributed by atoms with Crippen LogP contribution in [0.3, 0.4) is 0 Å². The van der Waals surface area contributed by atoms with Crippen LogP contribution in [0.5, 0.6) is 11.5 Å². The number of phenols is 1. The van der Waals surface area contributed by atoms with Crippen molar-refractivity contribution in [3.05, 3.63) is 59.7 Å². The van der Waals surface area contributed by atoms with E-state index in [0.29, 0.717) is 6.61 Å². The van der Waals surface area contributed by atoms with E-state index < -0.39 is 0 Å². The quantitative estimate of drug-likeness (QED) is 0.460. The Bertz CT molecular complexity index is 602. The Balaban J connectivity index is 1.89. The number of rotatable bonds is 9. The van der Waals surface area contributed by atoms with Crippen molar-refractivity contribution in [3.8, 4) is 11.5 Å². The number of phenolic OH excluding ortho intramolecular Hbond substituents is 1. The fourth-order valence-electron chi connectivity index (χ4n) is 2.44. The molecule has 0 aliphatic heterocycles. The Morgan fingerprint density at radius 3 is 2.39 bits per heavy atom. The summed E-state index contributed by atoms with van der Waals surface area (Å²) in [6.45, 7) is 2.92. The molecule has 122 valence electrons. The highest BCUT2D eigenvalue weighted by Crippen LogP contribution is 2.23. The summed E-state index contributed by atoms with van der Waals surface area (Å²) in [5.74, 6) is 0.967. The normalized spacial score (nSPS) is 11.0. The topological polar surface area (TPSA) is 29.5 Å². The highest BCUT2D eigenvalue weighted by Gasteiger charge is 2.00. The Labute approximate surface area is 139 Å². The minimum Gasteiger partial charge on any atom is -0.508 e. The molecule has 2 aromatic rings. The minimum atomic E-state index is 0.237. The Hall–Kier alpha value is -2.22. The van der Waals surface area contributed by atoms with Gasteiger partial charge in [0.1, 0.15) is 11.5 Å². The van der Waals surface area contributed by atoms with Crippen LogP contribution in [0.4, 0.5) is 0 Å². The molecule has 1 N–H and O–H groups in total. The van der Waals surface area contributed by atoms with E-state index in [9.17, 15) is 5.11 Å². The van der Waals surface area contributed by atoms with Gasteiger partial charge in [0.15, 0.2) is 0 Å². The van der Waals surface area contributed by atoms with Crippen LogP contribution in [0.15, 0.2) is 48.5 Å². The minimum absolute atomic E-state index is 0.237. The molecular formula is C21H26O2. The number of benzene rings is 2. The van der Waals surface area contributed by atoms with Gasteiger partial charge in [-0.25, -0.2) is 0 Å². The molecule has 0 aliphatic rings. The maximum Gasteiger partial charge on any atom is 0.123 e. The lowest BCUT2D eigenvalue weighted by molar-refractivity contribution is 0.303. The van der Waals surface area contributed by atoms with Gasteiger partial charge in [-0.05, 0) is 29.7 Å². The van der Waals surface area contributed by atoms with Gasteiger partial charge in [0, 0.05) is 6.07 Å². The van der Waals surface area contributed by atoms with Gasteiger partial charge in [0.05, 0.1) is 6.61 Å². The molecule has 0 radical (unpaired) electrons. The van der Waals surface area contributed by atoms with E-state index in [1.165, 1.54) is 25.7 Å². The zero-order valence-corrected chi connectivity index (χ0v) is 13.9. The van der Waals surface area contributed by atoms with Crippen molar-refractivity contribution in [1.82, 2.24) is 0 Å². The van der Waals surface area contributed by atoms with Crippen LogP contribution in [0.1, 0.15) is 50.2 Å². The molecule has 2 heteroatoms. The predicted octanol–water partition coefficient (Wildman–Crippen LogP) is 5.91. The van der Waals surface area contributed by atoms with E-state index in [1.54, 1.807) is 12.1 Å². The average molecular weight is 310 g/mol. The van der Waals surface area contributed by atoms with Crippen molar-refractivity contribution in [2.75, 3.05) is 6.61 Å². The van der Waals surface area contributed by atoms with E-state index in [-0.39, 0.29) is 5.75 Å². The van der Waals surface area contributed by atoms with E-state index in [0.717, 1.165) is 23.3 Å². The number of unbranched alkanes of at least 4 members (excludes halogenated alkanes) is 4. The standard InChI is InChI=1S/C21H26O2/c1-2-3-4-5-9-14-23-21-16-19(15-20(22)17-21)13-12-18-10-7-6-8-11-18/h6-8,10-13,15-17,22H,2-5,9,14H2,1H3/b13-12+. The van der Waals surface area contributed by atoms with Crippen LogP contribution < -0.4 is 4.74 Å². The largest absolute Gasteiger partial charge is 0.508 e. The molecule has 0 saturated carbocycles. The van der Waals surface area contributed by atoms with Crippen molar-refractivity contribution in [3.63, 3.8) is 0 Å². The summed E-state index contributed by atoms with van der Waals surface area (Å²) in [4.78, 5) is 0. The third-order valence-corrected chi connectivity index (χ3v) is 3.70. The molecule has 0 atom stereocenters. The second-order valence-corrected chi connectivity index (χ2v) is 5.77. The molecule has 0 aromatic heterocycles. The van der Waals surface area contributed by atoms with Crippen LogP contribution >= 0.6 is 0 Å². The van der Waals surface area contributed by atoms with Crippen LogP contribution in [0, 0.1) is 0 Å². The molecule has 0 amide bonds. The summed E-state index contributed by atoms with van der Waals surface area (Å²) in [6.07, 6.45) is 10.1. The average Bonchev–Trinajstić information content (AvgIpc) is 2.57. The fraction of sp³-hybridized carbons (Fsp3) is 0.333. The lowest BCUT2D eigenvalue weighted by atomic mass is 10.1. The highest BCUT2D eigenvalue weighted by molar-refractivity contribution is 5.70. The van der Waals surface area contributed by atoms with Gasteiger partial charge in [0.2, 0.25) is 0 Å². The van der Waals surface area contributed by atoms with Gasteiger partial charge in [-0.3, -0.25) is 0 Å². The van der Waals surface area contributed by atoms with E-state index in [1.807, 2.05) is 48.6 Å². The van der Waals surface area contributed by atoms with Crippen molar-refractivity contribution in [2.45, 2.75) is 39.0 Å². The summed E-state index contributed by atoms with van der Waals surface area (Å²) in [7, 11) is 0. The van der Waals surface area contributed by atoms with Crippen LogP contribution in [-0.4, -0.2) is 11.7 Å². The number of hydrogen-bond donors (Lipinski definition) is 1. The zero-order chi connectivity index (χ0) is 16.3. The third-order valence-electron chi connectivity index (χ3n) is 3.70. The molecule has 23 heavy (non-hydrogen) atoms. The summed E-state index contributed by atoms with van der Waals surface area (Å²) in [6, 6.07) is 15.5. The van der Waals surface area contributed by atoms with Gasteiger partial charge in [-0.2, -0.15) is 0 Å². The van der Waals surface area contributed by atoms with Crippen molar-refractivity contribution < 1.29 is 9.84 Å². The van der Waals surface area contributed by atoms with Gasteiger partial charge in [-0.1, -0.05) is 75.1 Å². The molecule has 0 aliphatic carbocycles. The number of hydrogen-bond acceptors (Lipinski definition) is 2. The maximum atomic E-state index is 9.85. The fourth-order valence-corrected chi connectivity index (χ4v) is 2.44. The predicted molar refractivity (Wildman–Crippen MR) is 97.7 cm³/mol. The van der Waals surface area contributed by atoms with E-state index in [4.69, 9.17) is 4.74 Å². The summed E-state index contributed by atoms with van der Waals surface area (Å²) >= 11 is 0. The van der Waals surface area contributed by atoms with Crippen molar-refractivity contribution >= 4 is 12.2 Å². The molecule has 2 nitrogen and oxygen atoms in total. The van der Waals surface area contributed by atoms with Gasteiger partial charge in [-0.15, -0.1) is 0 Å². The maximum absolute atomic E-state index is 9.85. The summed E-state index contributed by atoms with van der Waals surface area (Å²) in [5.41, 5.74) is 2.07. The van der Waals surface area contributed by atoms with Gasteiger partial charge in [0.25, 0.3) is 0 Å². The third kappa shape index (κ3) is 6.60. The molecular weight excluding hydrogens is 284 g/mol. The zero-order valence-electron chi connectivity index (χ0n) is 13.9. The van der Waals surface area contributed by atoms with Crippen molar-refractivity contribution in [2.24, 2.45) is 0 Å². The first-order chi connectivity index (χ1) is 11.3. The Kier molecular flexibility index (Phi) is 7.25. The smallest absolute Gasteiger partial charge is 0.123 e. The van der Waals surface area contributed by atoms with Crippen LogP contribution in [-0.2, 0) is 0 Å². The van der Waals surface area contributed by atoms with Crippen LogP contribution in [0.25, 0.3) is 12.2 Å². The molecule has 2 rings (SSSR count). The molecule has 0 heterocycles. The Morgan fingerprint density at radius 1 is 0.870 bits per heavy atom. The first-order valence-corrected chi connectivity index (χ1v) is 8.48. The Morgan fingerprint density at radius 2 is 1.61 bits per heavy atom. The molecule has 2 aromatic carbocycles. The molecule has 0 saturated heterocycles. The lowest BCUT2D eigenvalue weighted by Gasteiger charge is -2.08.